The number of aryl methyl sites for hydroxylation is 1. The van der Waals surface area contributed by atoms with Gasteiger partial charge in [-0.1, -0.05) is 0 Å². The van der Waals surface area contributed by atoms with Gasteiger partial charge in [-0.3, -0.25) is 4.79 Å². The molecule has 1 aliphatic heterocycles. The first kappa shape index (κ1) is 12.6. The van der Waals surface area contributed by atoms with E-state index in [4.69, 9.17) is 13.9 Å². The Kier molecular flexibility index (Phi) is 3.33. The van der Waals surface area contributed by atoms with Gasteiger partial charge in [-0.05, 0) is 37.3 Å². The molecule has 2 heterocycles. The molecule has 1 amide bonds. The van der Waals surface area contributed by atoms with Crippen molar-refractivity contribution >= 4 is 5.91 Å². The number of carbonyl (C=O) groups is 1. The highest BCUT2D eigenvalue weighted by Crippen LogP contribution is 2.32. The van der Waals surface area contributed by atoms with E-state index in [1.165, 1.54) is 0 Å². The third-order valence-corrected chi connectivity index (χ3v) is 3.09. The van der Waals surface area contributed by atoms with E-state index in [1.807, 2.05) is 19.1 Å². The van der Waals surface area contributed by atoms with Crippen molar-refractivity contribution in [2.75, 3.05) is 13.3 Å². The molecule has 0 unspecified atom stereocenters. The molecule has 0 atom stereocenters. The van der Waals surface area contributed by atoms with Gasteiger partial charge in [0.05, 0.1) is 0 Å². The quantitative estimate of drug-likeness (QED) is 0.928. The molecule has 3 rings (SSSR count). The average molecular weight is 273 g/mol. The maximum absolute atomic E-state index is 12.0. The topological polar surface area (TPSA) is 60.7 Å². The van der Waals surface area contributed by atoms with Crippen LogP contribution in [-0.2, 0) is 6.42 Å². The van der Waals surface area contributed by atoms with E-state index in [0.29, 0.717) is 30.0 Å². The van der Waals surface area contributed by atoms with Gasteiger partial charge in [0, 0.05) is 18.5 Å². The molecular formula is C15H15NO4. The molecule has 2 aromatic rings. The zero-order chi connectivity index (χ0) is 13.9. The predicted octanol–water partition coefficient (Wildman–Crippen LogP) is 2.29. The monoisotopic (exact) mass is 273 g/mol. The lowest BCUT2D eigenvalue weighted by atomic mass is 10.2. The van der Waals surface area contributed by atoms with Gasteiger partial charge in [-0.25, -0.2) is 0 Å². The molecule has 5 heteroatoms. The number of furan rings is 1. The fraction of sp³-hybridized carbons (Fsp3) is 0.267. The lowest BCUT2D eigenvalue weighted by Gasteiger charge is -2.05. The number of fused-ring (bicyclic) bond motifs is 1. The summed E-state index contributed by atoms with van der Waals surface area (Å²) >= 11 is 0. The maximum atomic E-state index is 12.0. The number of nitrogens with one attached hydrogen (secondary N) is 1. The molecule has 1 aromatic heterocycles. The standard InChI is InChI=1S/C15H15NO4/c1-10-2-4-12(20-10)6-7-16-15(17)11-3-5-13-14(8-11)19-9-18-13/h2-5,8H,6-7,9H2,1H3,(H,16,17). The van der Waals surface area contributed by atoms with Gasteiger partial charge in [-0.2, -0.15) is 0 Å². The number of rotatable bonds is 4. The molecule has 0 aliphatic carbocycles. The fourth-order valence-electron chi connectivity index (χ4n) is 2.06. The second-order valence-corrected chi connectivity index (χ2v) is 4.59. The molecule has 0 saturated carbocycles. The summed E-state index contributed by atoms with van der Waals surface area (Å²) in [6, 6.07) is 8.98. The van der Waals surface area contributed by atoms with Gasteiger partial charge in [0.1, 0.15) is 11.5 Å². The Morgan fingerprint density at radius 3 is 2.85 bits per heavy atom. The van der Waals surface area contributed by atoms with Gasteiger partial charge in [0.2, 0.25) is 6.79 Å². The van der Waals surface area contributed by atoms with Crippen LogP contribution < -0.4 is 14.8 Å². The predicted molar refractivity (Wildman–Crippen MR) is 72.0 cm³/mol. The molecule has 1 aromatic carbocycles. The van der Waals surface area contributed by atoms with Gasteiger partial charge in [-0.15, -0.1) is 0 Å². The summed E-state index contributed by atoms with van der Waals surface area (Å²) in [7, 11) is 0. The van der Waals surface area contributed by atoms with Crippen LogP contribution in [0.1, 0.15) is 21.9 Å². The first-order valence-electron chi connectivity index (χ1n) is 6.45. The number of ether oxygens (including phenoxy) is 2. The van der Waals surface area contributed by atoms with Crippen LogP contribution >= 0.6 is 0 Å². The Morgan fingerprint density at radius 1 is 1.20 bits per heavy atom. The van der Waals surface area contributed by atoms with Gasteiger partial charge >= 0.3 is 0 Å². The number of hydrogen-bond acceptors (Lipinski definition) is 4. The normalized spacial score (nSPS) is 12.4. The Morgan fingerprint density at radius 2 is 2.05 bits per heavy atom. The molecule has 1 N–H and O–H groups in total. The highest BCUT2D eigenvalue weighted by Gasteiger charge is 2.15. The van der Waals surface area contributed by atoms with Crippen molar-refractivity contribution in [3.63, 3.8) is 0 Å². The Hall–Kier alpha value is -2.43. The SMILES string of the molecule is Cc1ccc(CCNC(=O)c2ccc3c(c2)OCO3)o1. The maximum Gasteiger partial charge on any atom is 0.251 e. The van der Waals surface area contributed by atoms with Crippen LogP contribution in [0.15, 0.2) is 34.7 Å². The molecule has 0 spiro atoms. The summed E-state index contributed by atoms with van der Waals surface area (Å²) in [4.78, 5) is 12.0. The lowest BCUT2D eigenvalue weighted by molar-refractivity contribution is 0.0953. The number of amides is 1. The minimum absolute atomic E-state index is 0.133. The van der Waals surface area contributed by atoms with Gasteiger partial charge < -0.3 is 19.2 Å². The van der Waals surface area contributed by atoms with Crippen molar-refractivity contribution in [3.8, 4) is 11.5 Å². The summed E-state index contributed by atoms with van der Waals surface area (Å²) in [5.74, 6) is 2.90. The van der Waals surface area contributed by atoms with Crippen LogP contribution in [0.3, 0.4) is 0 Å². The molecule has 5 nitrogen and oxygen atoms in total. The van der Waals surface area contributed by atoms with Crippen molar-refractivity contribution in [3.05, 3.63) is 47.4 Å². The minimum Gasteiger partial charge on any atom is -0.466 e. The van der Waals surface area contributed by atoms with E-state index in [9.17, 15) is 4.79 Å². The Balaban J connectivity index is 1.56. The summed E-state index contributed by atoms with van der Waals surface area (Å²) in [6.45, 7) is 2.63. The van der Waals surface area contributed by atoms with Crippen molar-refractivity contribution in [1.82, 2.24) is 5.32 Å². The van der Waals surface area contributed by atoms with Crippen LogP contribution in [0.2, 0.25) is 0 Å². The number of carbonyl (C=O) groups excluding carboxylic acids is 1. The molecule has 104 valence electrons. The molecule has 0 radical (unpaired) electrons. The van der Waals surface area contributed by atoms with Crippen molar-refractivity contribution in [2.24, 2.45) is 0 Å². The van der Waals surface area contributed by atoms with E-state index in [1.54, 1.807) is 18.2 Å². The van der Waals surface area contributed by atoms with E-state index in [-0.39, 0.29) is 12.7 Å². The molecule has 0 bridgehead atoms. The fourth-order valence-corrected chi connectivity index (χ4v) is 2.06. The van der Waals surface area contributed by atoms with E-state index < -0.39 is 0 Å². The first-order chi connectivity index (χ1) is 9.72. The summed E-state index contributed by atoms with van der Waals surface area (Å²) in [6.07, 6.45) is 0.671. The third-order valence-electron chi connectivity index (χ3n) is 3.09. The van der Waals surface area contributed by atoms with E-state index in [0.717, 1.165) is 11.5 Å². The minimum atomic E-state index is -0.133. The highest BCUT2D eigenvalue weighted by molar-refractivity contribution is 5.94. The van der Waals surface area contributed by atoms with Crippen LogP contribution in [0.5, 0.6) is 11.5 Å². The largest absolute Gasteiger partial charge is 0.466 e. The van der Waals surface area contributed by atoms with E-state index in [2.05, 4.69) is 5.32 Å². The molecular weight excluding hydrogens is 258 g/mol. The van der Waals surface area contributed by atoms with Crippen LogP contribution in [0, 0.1) is 6.92 Å². The van der Waals surface area contributed by atoms with Crippen molar-refractivity contribution in [2.45, 2.75) is 13.3 Å². The number of hydrogen-bond donors (Lipinski definition) is 1. The van der Waals surface area contributed by atoms with E-state index >= 15 is 0 Å². The molecule has 0 saturated heterocycles. The summed E-state index contributed by atoms with van der Waals surface area (Å²) in [5, 5.41) is 2.85. The molecule has 0 fully saturated rings. The molecule has 20 heavy (non-hydrogen) atoms. The lowest BCUT2D eigenvalue weighted by Crippen LogP contribution is -2.25. The highest BCUT2D eigenvalue weighted by atomic mass is 16.7. The zero-order valence-electron chi connectivity index (χ0n) is 11.1. The van der Waals surface area contributed by atoms with Gasteiger partial charge in [0.15, 0.2) is 11.5 Å². The van der Waals surface area contributed by atoms with Crippen LogP contribution in [0.25, 0.3) is 0 Å². The summed E-state index contributed by atoms with van der Waals surface area (Å²) < 4.78 is 15.9. The second-order valence-electron chi connectivity index (χ2n) is 4.59. The molecule has 1 aliphatic rings. The van der Waals surface area contributed by atoms with Crippen LogP contribution in [0.4, 0.5) is 0 Å². The first-order valence-corrected chi connectivity index (χ1v) is 6.45. The summed E-state index contributed by atoms with van der Waals surface area (Å²) in [5.41, 5.74) is 0.560. The average Bonchev–Trinajstić information content (AvgIpc) is 3.06. The smallest absolute Gasteiger partial charge is 0.251 e. The van der Waals surface area contributed by atoms with Crippen molar-refractivity contribution < 1.29 is 18.7 Å². The van der Waals surface area contributed by atoms with Crippen LogP contribution in [-0.4, -0.2) is 19.2 Å². The Bertz CT molecular complexity index is 633. The zero-order valence-corrected chi connectivity index (χ0v) is 11.1. The number of benzene rings is 1. The third kappa shape index (κ3) is 2.61. The second kappa shape index (κ2) is 5.28. The van der Waals surface area contributed by atoms with Crippen molar-refractivity contribution in [1.29, 1.82) is 0 Å². The Labute approximate surface area is 116 Å². The van der Waals surface area contributed by atoms with Gasteiger partial charge in [0.25, 0.3) is 5.91 Å².